The summed E-state index contributed by atoms with van der Waals surface area (Å²) in [5.41, 5.74) is 1.68. The molecule has 0 bridgehead atoms. The number of aliphatic carboxylic acids is 1. The summed E-state index contributed by atoms with van der Waals surface area (Å²) in [6.45, 7) is 6.18. The number of carboxylic acids is 1. The molecule has 0 aromatic heterocycles. The van der Waals surface area contributed by atoms with E-state index in [1.165, 1.54) is 5.57 Å². The van der Waals surface area contributed by atoms with E-state index in [2.05, 4.69) is 36.5 Å². The van der Waals surface area contributed by atoms with E-state index in [9.17, 15) is 24.9 Å². The Balaban J connectivity index is 1.21. The number of oxime groups is 1. The van der Waals surface area contributed by atoms with Gasteiger partial charge < -0.3 is 25.5 Å². The molecule has 0 spiro atoms. The Hall–Kier alpha value is -2.97. The molecule has 4 aliphatic rings. The van der Waals surface area contributed by atoms with Gasteiger partial charge in [0.2, 0.25) is 0 Å². The standard InChI is InChI=1S/C31H40N2O6/c1-29-14-11-21(33-39-18-25(34)32-26(28(36)37)27(35)19-7-5-4-6-8-19)17-20(29)9-10-22-23(29)12-15-30(2)24(22)13-16-31(30,3)38/h4-8,11,14,17,22-24,26-27,35,38H,9-10,12-13,15-16,18H2,1-3H3,(H,32,34)(H,36,37)/b33-21+/t22-,23+,24+,26+,27-,29+,30+,31+/m1/s1. The minimum atomic E-state index is -1.51. The van der Waals surface area contributed by atoms with Crippen molar-refractivity contribution in [2.24, 2.45) is 33.7 Å². The van der Waals surface area contributed by atoms with E-state index in [1.54, 1.807) is 30.3 Å². The third-order valence-corrected chi connectivity index (χ3v) is 10.5. The fraction of sp³-hybridized carbons (Fsp3) is 0.581. The van der Waals surface area contributed by atoms with E-state index in [-0.39, 0.29) is 10.8 Å². The molecule has 0 unspecified atom stereocenters. The van der Waals surface area contributed by atoms with Crippen molar-refractivity contribution in [3.63, 3.8) is 0 Å². The van der Waals surface area contributed by atoms with Crippen molar-refractivity contribution in [2.45, 2.75) is 77.0 Å². The predicted molar refractivity (Wildman–Crippen MR) is 147 cm³/mol. The fourth-order valence-corrected chi connectivity index (χ4v) is 8.01. The molecule has 3 saturated carbocycles. The number of aliphatic hydroxyl groups is 2. The molecular weight excluding hydrogens is 496 g/mol. The quantitative estimate of drug-likeness (QED) is 0.388. The maximum atomic E-state index is 12.4. The maximum absolute atomic E-state index is 12.4. The number of benzene rings is 1. The normalized spacial score (nSPS) is 37.6. The van der Waals surface area contributed by atoms with E-state index in [1.807, 2.05) is 13.0 Å². The Morgan fingerprint density at radius 2 is 1.82 bits per heavy atom. The Kier molecular flexibility index (Phi) is 7.22. The van der Waals surface area contributed by atoms with Gasteiger partial charge >= 0.3 is 5.97 Å². The highest BCUT2D eigenvalue weighted by molar-refractivity contribution is 6.05. The Morgan fingerprint density at radius 1 is 1.10 bits per heavy atom. The molecule has 210 valence electrons. The highest BCUT2D eigenvalue weighted by Crippen LogP contribution is 2.66. The molecule has 0 radical (unpaired) electrons. The number of aliphatic hydroxyl groups excluding tert-OH is 1. The molecule has 0 heterocycles. The van der Waals surface area contributed by atoms with Crippen molar-refractivity contribution < 1.29 is 29.7 Å². The van der Waals surface area contributed by atoms with Gasteiger partial charge in [-0.15, -0.1) is 0 Å². The molecule has 8 atom stereocenters. The number of hydrogen-bond donors (Lipinski definition) is 4. The molecule has 5 rings (SSSR count). The number of carboxylic acid groups (broad SMARTS) is 1. The van der Waals surface area contributed by atoms with Gasteiger partial charge in [-0.3, -0.25) is 4.79 Å². The third kappa shape index (κ3) is 4.82. The first-order valence-corrected chi connectivity index (χ1v) is 14.0. The summed E-state index contributed by atoms with van der Waals surface area (Å²) in [6, 6.07) is 6.82. The van der Waals surface area contributed by atoms with E-state index < -0.39 is 36.2 Å². The number of allylic oxidation sites excluding steroid dienone is 4. The Labute approximate surface area is 229 Å². The van der Waals surface area contributed by atoms with Crippen LogP contribution in [0.25, 0.3) is 0 Å². The molecule has 39 heavy (non-hydrogen) atoms. The number of fused-ring (bicyclic) bond motifs is 5. The van der Waals surface area contributed by atoms with Crippen LogP contribution in [-0.2, 0) is 14.4 Å². The van der Waals surface area contributed by atoms with Crippen LogP contribution in [0.5, 0.6) is 0 Å². The molecule has 8 heteroatoms. The zero-order valence-corrected chi connectivity index (χ0v) is 23.0. The molecule has 3 fully saturated rings. The summed E-state index contributed by atoms with van der Waals surface area (Å²) in [5, 5.41) is 37.5. The van der Waals surface area contributed by atoms with Crippen LogP contribution in [0.2, 0.25) is 0 Å². The van der Waals surface area contributed by atoms with Crippen molar-refractivity contribution >= 4 is 17.6 Å². The van der Waals surface area contributed by atoms with Crippen LogP contribution in [0.15, 0.2) is 59.3 Å². The summed E-state index contributed by atoms with van der Waals surface area (Å²) in [4.78, 5) is 29.4. The molecule has 1 aromatic rings. The molecule has 1 amide bonds. The van der Waals surface area contributed by atoms with Gasteiger partial charge in [-0.25, -0.2) is 4.79 Å². The molecule has 0 aliphatic heterocycles. The monoisotopic (exact) mass is 536 g/mol. The lowest BCUT2D eigenvalue weighted by Gasteiger charge is -2.58. The largest absolute Gasteiger partial charge is 0.480 e. The van der Waals surface area contributed by atoms with Crippen LogP contribution in [0, 0.1) is 28.6 Å². The van der Waals surface area contributed by atoms with E-state index in [4.69, 9.17) is 4.84 Å². The Bertz CT molecular complexity index is 1210. The number of nitrogens with zero attached hydrogens (tertiary/aromatic N) is 1. The molecule has 8 nitrogen and oxygen atoms in total. The lowest BCUT2D eigenvalue weighted by atomic mass is 9.47. The Morgan fingerprint density at radius 3 is 2.54 bits per heavy atom. The van der Waals surface area contributed by atoms with E-state index >= 15 is 0 Å². The minimum Gasteiger partial charge on any atom is -0.480 e. The number of carbonyl (C=O) groups excluding carboxylic acids is 1. The summed E-state index contributed by atoms with van der Waals surface area (Å²) in [6.07, 6.45) is 11.0. The SMILES string of the molecule is C[C@]12C=C/C(=N\OCC(=O)N[C@H](C(=O)O)[C@H](O)c3ccccc3)C=C1CC[C@@H]1[C@@H]2CC[C@@]2(C)[C@H]1CC[C@]2(C)O. The first-order chi connectivity index (χ1) is 18.5. The van der Waals surface area contributed by atoms with Crippen LogP contribution < -0.4 is 5.32 Å². The second kappa shape index (κ2) is 10.2. The van der Waals surface area contributed by atoms with Crippen LogP contribution in [0.3, 0.4) is 0 Å². The van der Waals surface area contributed by atoms with Crippen molar-refractivity contribution in [3.05, 3.63) is 59.7 Å². The van der Waals surface area contributed by atoms with E-state index in [0.29, 0.717) is 29.0 Å². The van der Waals surface area contributed by atoms with Crippen molar-refractivity contribution in [1.29, 1.82) is 0 Å². The fourth-order valence-electron chi connectivity index (χ4n) is 8.01. The van der Waals surface area contributed by atoms with Gasteiger partial charge in [-0.05, 0) is 86.3 Å². The summed E-state index contributed by atoms with van der Waals surface area (Å²) >= 11 is 0. The van der Waals surface area contributed by atoms with Crippen LogP contribution >= 0.6 is 0 Å². The van der Waals surface area contributed by atoms with E-state index in [0.717, 1.165) is 38.5 Å². The molecular formula is C31H40N2O6. The van der Waals surface area contributed by atoms with Gasteiger partial charge in [0, 0.05) is 5.41 Å². The van der Waals surface area contributed by atoms with Crippen LogP contribution in [0.4, 0.5) is 0 Å². The zero-order chi connectivity index (χ0) is 28.0. The second-order valence-electron chi connectivity index (χ2n) is 12.5. The first-order valence-electron chi connectivity index (χ1n) is 14.0. The van der Waals surface area contributed by atoms with Gasteiger partial charge in [0.05, 0.1) is 5.60 Å². The summed E-state index contributed by atoms with van der Waals surface area (Å²) < 4.78 is 0. The second-order valence-corrected chi connectivity index (χ2v) is 12.5. The maximum Gasteiger partial charge on any atom is 0.329 e. The first kappa shape index (κ1) is 27.6. The molecule has 4 aliphatic carbocycles. The number of amides is 1. The van der Waals surface area contributed by atoms with Gasteiger partial charge in [-0.1, -0.05) is 61.0 Å². The summed E-state index contributed by atoms with van der Waals surface area (Å²) in [7, 11) is 0. The third-order valence-electron chi connectivity index (χ3n) is 10.5. The number of hydrogen-bond acceptors (Lipinski definition) is 6. The molecule has 0 saturated heterocycles. The summed E-state index contributed by atoms with van der Waals surface area (Å²) in [5.74, 6) is -0.360. The van der Waals surface area contributed by atoms with Crippen LogP contribution in [0.1, 0.15) is 71.0 Å². The van der Waals surface area contributed by atoms with Gasteiger partial charge in [0.25, 0.3) is 5.91 Å². The predicted octanol–water partition coefficient (Wildman–Crippen LogP) is 4.15. The van der Waals surface area contributed by atoms with Crippen LogP contribution in [-0.4, -0.2) is 51.2 Å². The number of carbonyl (C=O) groups is 2. The van der Waals surface area contributed by atoms with Gasteiger partial charge in [-0.2, -0.15) is 0 Å². The molecule has 4 N–H and O–H groups in total. The number of rotatable bonds is 7. The lowest BCUT2D eigenvalue weighted by Crippen LogP contribution is -2.53. The minimum absolute atomic E-state index is 0.0120. The van der Waals surface area contributed by atoms with Crippen molar-refractivity contribution in [2.75, 3.05) is 6.61 Å². The molecule has 1 aromatic carbocycles. The van der Waals surface area contributed by atoms with Crippen molar-refractivity contribution in [1.82, 2.24) is 5.32 Å². The highest BCUT2D eigenvalue weighted by Gasteiger charge is 2.62. The topological polar surface area (TPSA) is 128 Å². The zero-order valence-electron chi connectivity index (χ0n) is 23.0. The highest BCUT2D eigenvalue weighted by atomic mass is 16.6. The smallest absolute Gasteiger partial charge is 0.329 e. The van der Waals surface area contributed by atoms with Gasteiger partial charge in [0.15, 0.2) is 12.6 Å². The number of nitrogens with one attached hydrogen (secondary N) is 1. The lowest BCUT2D eigenvalue weighted by molar-refractivity contribution is -0.146. The van der Waals surface area contributed by atoms with Crippen molar-refractivity contribution in [3.8, 4) is 0 Å². The average molecular weight is 537 g/mol. The van der Waals surface area contributed by atoms with Gasteiger partial charge in [0.1, 0.15) is 11.8 Å². The average Bonchev–Trinajstić information content (AvgIpc) is 3.16.